The van der Waals surface area contributed by atoms with E-state index < -0.39 is 23.7 Å². The van der Waals surface area contributed by atoms with E-state index in [0.29, 0.717) is 5.69 Å². The summed E-state index contributed by atoms with van der Waals surface area (Å²) in [5, 5.41) is 10.3. The molecule has 1 aliphatic heterocycles. The van der Waals surface area contributed by atoms with Gasteiger partial charge in [-0.05, 0) is 30.2 Å². The summed E-state index contributed by atoms with van der Waals surface area (Å²) in [6.45, 7) is 1.91. The van der Waals surface area contributed by atoms with E-state index in [4.69, 9.17) is 4.74 Å². The van der Waals surface area contributed by atoms with Crippen molar-refractivity contribution in [2.24, 2.45) is 0 Å². The van der Waals surface area contributed by atoms with Gasteiger partial charge in [0.15, 0.2) is 5.76 Å². The molecule has 0 saturated carbocycles. The fraction of sp³-hybridized carbons (Fsp3) is 0.158. The highest BCUT2D eigenvalue weighted by atomic mass is 16.5. The van der Waals surface area contributed by atoms with Gasteiger partial charge in [0.05, 0.1) is 13.2 Å². The van der Waals surface area contributed by atoms with Crippen molar-refractivity contribution >= 4 is 17.6 Å². The third kappa shape index (κ3) is 2.54. The molecule has 24 heavy (non-hydrogen) atoms. The van der Waals surface area contributed by atoms with Gasteiger partial charge >= 0.3 is 5.97 Å². The Hall–Kier alpha value is -3.08. The first-order valence-corrected chi connectivity index (χ1v) is 7.51. The van der Waals surface area contributed by atoms with Gasteiger partial charge in [-0.25, -0.2) is 4.79 Å². The Morgan fingerprint density at radius 3 is 2.46 bits per heavy atom. The molecular formula is C19H17NO4. The monoisotopic (exact) mass is 323 g/mol. The molecule has 1 atom stereocenters. The first kappa shape index (κ1) is 15.8. The molecule has 0 bridgehead atoms. The Kier molecular flexibility index (Phi) is 4.08. The minimum absolute atomic E-state index is 0.0461. The maximum atomic E-state index is 12.6. The highest BCUT2D eigenvalue weighted by Gasteiger charge is 2.45. The topological polar surface area (TPSA) is 66.8 Å². The predicted molar refractivity (Wildman–Crippen MR) is 89.5 cm³/mol. The minimum atomic E-state index is -0.729. The van der Waals surface area contributed by atoms with Gasteiger partial charge in [0.2, 0.25) is 0 Å². The zero-order valence-corrected chi connectivity index (χ0v) is 13.4. The summed E-state index contributed by atoms with van der Waals surface area (Å²) >= 11 is 0. The summed E-state index contributed by atoms with van der Waals surface area (Å²) in [7, 11) is 1.23. The van der Waals surface area contributed by atoms with Crippen molar-refractivity contribution in [2.45, 2.75) is 13.0 Å². The van der Waals surface area contributed by atoms with E-state index in [1.807, 2.05) is 55.5 Å². The fourth-order valence-corrected chi connectivity index (χ4v) is 2.92. The molecule has 5 nitrogen and oxygen atoms in total. The number of anilines is 1. The number of methoxy groups -OCH3 is 1. The number of ether oxygens (including phenoxy) is 1. The van der Waals surface area contributed by atoms with E-state index in [2.05, 4.69) is 0 Å². The number of esters is 1. The van der Waals surface area contributed by atoms with Crippen LogP contribution in [0.4, 0.5) is 5.69 Å². The molecule has 1 amide bonds. The van der Waals surface area contributed by atoms with E-state index in [1.54, 1.807) is 6.07 Å². The summed E-state index contributed by atoms with van der Waals surface area (Å²) in [4.78, 5) is 26.2. The minimum Gasteiger partial charge on any atom is -0.503 e. The number of nitrogens with zero attached hydrogens (tertiary/aromatic N) is 1. The average molecular weight is 323 g/mol. The maximum absolute atomic E-state index is 12.6. The summed E-state index contributed by atoms with van der Waals surface area (Å²) in [5.74, 6) is -1.91. The van der Waals surface area contributed by atoms with Crippen molar-refractivity contribution in [3.05, 3.63) is 77.1 Å². The standard InChI is InChI=1S/C19H17NO4/c1-12-7-6-10-14(11-12)20-16(13-8-4-3-5-9-13)15(19(23)24-2)17(21)18(20)22/h3-11,16,21H,1-2H3. The molecule has 2 aromatic rings. The largest absolute Gasteiger partial charge is 0.503 e. The van der Waals surface area contributed by atoms with Gasteiger partial charge in [-0.1, -0.05) is 42.5 Å². The second-order valence-electron chi connectivity index (χ2n) is 5.58. The number of hydrogen-bond donors (Lipinski definition) is 1. The molecule has 2 aromatic carbocycles. The van der Waals surface area contributed by atoms with Crippen molar-refractivity contribution < 1.29 is 19.4 Å². The van der Waals surface area contributed by atoms with Gasteiger partial charge in [-0.2, -0.15) is 0 Å². The number of aliphatic hydroxyl groups is 1. The van der Waals surface area contributed by atoms with Crippen molar-refractivity contribution in [1.82, 2.24) is 0 Å². The fourth-order valence-electron chi connectivity index (χ4n) is 2.92. The van der Waals surface area contributed by atoms with Crippen LogP contribution in [-0.2, 0) is 14.3 Å². The molecule has 1 heterocycles. The van der Waals surface area contributed by atoms with Crippen LogP contribution < -0.4 is 4.90 Å². The van der Waals surface area contributed by atoms with E-state index >= 15 is 0 Å². The van der Waals surface area contributed by atoms with Crippen molar-refractivity contribution in [2.75, 3.05) is 12.0 Å². The van der Waals surface area contributed by atoms with E-state index in [0.717, 1.165) is 11.1 Å². The summed E-state index contributed by atoms with van der Waals surface area (Å²) in [6, 6.07) is 15.7. The zero-order valence-electron chi connectivity index (χ0n) is 13.4. The maximum Gasteiger partial charge on any atom is 0.340 e. The van der Waals surface area contributed by atoms with Crippen LogP contribution in [0.25, 0.3) is 0 Å². The molecule has 0 fully saturated rings. The molecule has 3 rings (SSSR count). The van der Waals surface area contributed by atoms with Crippen LogP contribution in [0.1, 0.15) is 17.2 Å². The normalized spacial score (nSPS) is 17.3. The number of rotatable bonds is 3. The molecule has 122 valence electrons. The molecule has 1 aliphatic rings. The molecule has 1 N–H and O–H groups in total. The molecule has 0 spiro atoms. The average Bonchev–Trinajstić information content (AvgIpc) is 2.86. The SMILES string of the molecule is COC(=O)C1=C(O)C(=O)N(c2cccc(C)c2)C1c1ccccc1. The zero-order chi connectivity index (χ0) is 17.3. The quantitative estimate of drug-likeness (QED) is 0.882. The van der Waals surface area contributed by atoms with Gasteiger partial charge in [-0.15, -0.1) is 0 Å². The molecule has 0 saturated heterocycles. The molecule has 0 aromatic heterocycles. The van der Waals surface area contributed by atoms with Gasteiger partial charge in [0.1, 0.15) is 5.57 Å². The Bertz CT molecular complexity index is 826. The molecule has 5 heteroatoms. The highest BCUT2D eigenvalue weighted by Crippen LogP contribution is 2.40. The van der Waals surface area contributed by atoms with E-state index in [1.165, 1.54) is 12.0 Å². The first-order chi connectivity index (χ1) is 11.5. The third-order valence-electron chi connectivity index (χ3n) is 4.01. The van der Waals surface area contributed by atoms with Crippen LogP contribution in [-0.4, -0.2) is 24.1 Å². The van der Waals surface area contributed by atoms with Crippen molar-refractivity contribution in [3.63, 3.8) is 0 Å². The van der Waals surface area contributed by atoms with Crippen molar-refractivity contribution in [1.29, 1.82) is 0 Å². The number of hydrogen-bond acceptors (Lipinski definition) is 4. The second-order valence-corrected chi connectivity index (χ2v) is 5.58. The number of aliphatic hydroxyl groups excluding tert-OH is 1. The summed E-state index contributed by atoms with van der Waals surface area (Å²) in [6.07, 6.45) is 0. The van der Waals surface area contributed by atoms with Gasteiger partial charge in [0.25, 0.3) is 5.91 Å². The number of carbonyl (C=O) groups excluding carboxylic acids is 2. The molecule has 1 unspecified atom stereocenters. The lowest BCUT2D eigenvalue weighted by atomic mass is 9.99. The lowest BCUT2D eigenvalue weighted by Gasteiger charge is -2.26. The van der Waals surface area contributed by atoms with Crippen LogP contribution in [0.3, 0.4) is 0 Å². The predicted octanol–water partition coefficient (Wildman–Crippen LogP) is 3.07. The summed E-state index contributed by atoms with van der Waals surface area (Å²) in [5.41, 5.74) is 2.25. The number of aryl methyl sites for hydroxylation is 1. The third-order valence-corrected chi connectivity index (χ3v) is 4.01. The molecule has 0 aliphatic carbocycles. The Balaban J connectivity index is 2.18. The van der Waals surface area contributed by atoms with Crippen LogP contribution in [0, 0.1) is 6.92 Å². The van der Waals surface area contributed by atoms with Crippen LogP contribution in [0.2, 0.25) is 0 Å². The first-order valence-electron chi connectivity index (χ1n) is 7.51. The lowest BCUT2D eigenvalue weighted by Crippen LogP contribution is -2.31. The Morgan fingerprint density at radius 2 is 1.83 bits per heavy atom. The second kappa shape index (κ2) is 6.20. The van der Waals surface area contributed by atoms with Crippen LogP contribution >= 0.6 is 0 Å². The number of amides is 1. The highest BCUT2D eigenvalue weighted by molar-refractivity contribution is 6.15. The van der Waals surface area contributed by atoms with Crippen molar-refractivity contribution in [3.8, 4) is 0 Å². The van der Waals surface area contributed by atoms with Gasteiger partial charge in [-0.3, -0.25) is 9.69 Å². The Labute approximate surface area is 139 Å². The van der Waals surface area contributed by atoms with E-state index in [9.17, 15) is 14.7 Å². The smallest absolute Gasteiger partial charge is 0.340 e. The molecule has 0 radical (unpaired) electrons. The Morgan fingerprint density at radius 1 is 1.12 bits per heavy atom. The molecular weight excluding hydrogens is 306 g/mol. The van der Waals surface area contributed by atoms with Gasteiger partial charge < -0.3 is 9.84 Å². The number of carbonyl (C=O) groups is 2. The van der Waals surface area contributed by atoms with Crippen LogP contribution in [0.15, 0.2) is 65.9 Å². The van der Waals surface area contributed by atoms with Gasteiger partial charge in [0, 0.05) is 5.69 Å². The number of benzene rings is 2. The van der Waals surface area contributed by atoms with E-state index in [-0.39, 0.29) is 5.57 Å². The summed E-state index contributed by atoms with van der Waals surface area (Å²) < 4.78 is 4.78. The van der Waals surface area contributed by atoms with Crippen LogP contribution in [0.5, 0.6) is 0 Å². The lowest BCUT2D eigenvalue weighted by molar-refractivity contribution is -0.136.